The first-order valence-electron chi connectivity index (χ1n) is 6.04. The van der Waals surface area contributed by atoms with E-state index in [-0.39, 0.29) is 11.4 Å². The van der Waals surface area contributed by atoms with Gasteiger partial charge in [0, 0.05) is 18.8 Å². The highest BCUT2D eigenvalue weighted by Gasteiger charge is 2.16. The third kappa shape index (κ3) is 4.47. The highest BCUT2D eigenvalue weighted by molar-refractivity contribution is 5.91. The molecular weight excluding hydrogens is 212 g/mol. The summed E-state index contributed by atoms with van der Waals surface area (Å²) in [7, 11) is 0. The Labute approximate surface area is 104 Å². The molecular formula is C14H22N2O. The van der Waals surface area contributed by atoms with Gasteiger partial charge in [-0.15, -0.1) is 0 Å². The first-order valence-corrected chi connectivity index (χ1v) is 6.04. The van der Waals surface area contributed by atoms with E-state index in [0.717, 1.165) is 5.69 Å². The molecule has 0 bridgehead atoms. The zero-order valence-corrected chi connectivity index (χ0v) is 11.2. The number of benzene rings is 1. The lowest BCUT2D eigenvalue weighted by Crippen LogP contribution is -2.43. The van der Waals surface area contributed by atoms with Crippen molar-refractivity contribution in [1.29, 1.82) is 0 Å². The van der Waals surface area contributed by atoms with Crippen LogP contribution in [0.2, 0.25) is 0 Å². The molecule has 0 unspecified atom stereocenters. The van der Waals surface area contributed by atoms with Crippen molar-refractivity contribution in [1.82, 2.24) is 5.32 Å². The van der Waals surface area contributed by atoms with Gasteiger partial charge in [0.25, 0.3) is 0 Å². The summed E-state index contributed by atoms with van der Waals surface area (Å²) in [5.41, 5.74) is 1.03. The Morgan fingerprint density at radius 2 is 1.82 bits per heavy atom. The number of rotatable bonds is 3. The number of carbonyl (C=O) groups is 1. The van der Waals surface area contributed by atoms with Gasteiger partial charge in [0.15, 0.2) is 0 Å². The number of urea groups is 1. The van der Waals surface area contributed by atoms with Crippen LogP contribution in [0.15, 0.2) is 30.3 Å². The second-order valence-electron chi connectivity index (χ2n) is 5.30. The van der Waals surface area contributed by atoms with Gasteiger partial charge >= 0.3 is 6.03 Å². The van der Waals surface area contributed by atoms with Crippen LogP contribution in [-0.4, -0.2) is 19.1 Å². The quantitative estimate of drug-likeness (QED) is 0.855. The summed E-state index contributed by atoms with van der Waals surface area (Å²) in [6, 6.07) is 9.68. The molecule has 0 saturated carbocycles. The number of hydrogen-bond donors (Lipinski definition) is 1. The van der Waals surface area contributed by atoms with Crippen molar-refractivity contribution in [3.63, 3.8) is 0 Å². The van der Waals surface area contributed by atoms with Crippen molar-refractivity contribution in [3.8, 4) is 0 Å². The topological polar surface area (TPSA) is 32.3 Å². The zero-order valence-electron chi connectivity index (χ0n) is 11.2. The minimum Gasteiger partial charge on any atom is -0.337 e. The smallest absolute Gasteiger partial charge is 0.321 e. The van der Waals surface area contributed by atoms with E-state index in [1.54, 1.807) is 4.90 Å². The summed E-state index contributed by atoms with van der Waals surface area (Å²) >= 11 is 0. The van der Waals surface area contributed by atoms with Crippen LogP contribution < -0.4 is 10.2 Å². The summed E-state index contributed by atoms with van der Waals surface area (Å²) in [5.74, 6) is 0. The van der Waals surface area contributed by atoms with E-state index in [1.165, 1.54) is 0 Å². The van der Waals surface area contributed by atoms with Gasteiger partial charge in [0.2, 0.25) is 0 Å². The average molecular weight is 234 g/mol. The van der Waals surface area contributed by atoms with Crippen LogP contribution in [0.4, 0.5) is 10.5 Å². The van der Waals surface area contributed by atoms with Crippen LogP contribution in [0, 0.1) is 5.41 Å². The fraction of sp³-hybridized carbons (Fsp3) is 0.500. The molecule has 0 aliphatic heterocycles. The van der Waals surface area contributed by atoms with Crippen molar-refractivity contribution in [2.75, 3.05) is 18.0 Å². The molecule has 94 valence electrons. The highest BCUT2D eigenvalue weighted by Crippen LogP contribution is 2.14. The molecule has 0 aromatic heterocycles. The van der Waals surface area contributed by atoms with Gasteiger partial charge in [0.05, 0.1) is 0 Å². The largest absolute Gasteiger partial charge is 0.337 e. The summed E-state index contributed by atoms with van der Waals surface area (Å²) < 4.78 is 0. The maximum Gasteiger partial charge on any atom is 0.321 e. The van der Waals surface area contributed by atoms with E-state index in [1.807, 2.05) is 37.3 Å². The van der Waals surface area contributed by atoms with Crippen LogP contribution in [0.3, 0.4) is 0 Å². The van der Waals surface area contributed by atoms with Crippen molar-refractivity contribution in [2.24, 2.45) is 5.41 Å². The molecule has 1 rings (SSSR count). The predicted molar refractivity (Wildman–Crippen MR) is 72.3 cm³/mol. The van der Waals surface area contributed by atoms with Gasteiger partial charge in [-0.1, -0.05) is 39.0 Å². The summed E-state index contributed by atoms with van der Waals surface area (Å²) in [6.07, 6.45) is 0. The maximum atomic E-state index is 12.0. The van der Waals surface area contributed by atoms with E-state index >= 15 is 0 Å². The normalized spacial score (nSPS) is 11.1. The molecule has 3 nitrogen and oxygen atoms in total. The van der Waals surface area contributed by atoms with Crippen LogP contribution in [0.5, 0.6) is 0 Å². The van der Waals surface area contributed by atoms with Gasteiger partial charge in [-0.2, -0.15) is 0 Å². The second-order valence-corrected chi connectivity index (χ2v) is 5.30. The number of carbonyl (C=O) groups excluding carboxylic acids is 1. The van der Waals surface area contributed by atoms with Crippen molar-refractivity contribution >= 4 is 11.7 Å². The molecule has 1 N–H and O–H groups in total. The lowest BCUT2D eigenvalue weighted by molar-refractivity contribution is 0.241. The van der Waals surface area contributed by atoms with Crippen LogP contribution >= 0.6 is 0 Å². The molecule has 0 atom stereocenters. The highest BCUT2D eigenvalue weighted by atomic mass is 16.2. The molecule has 0 aliphatic carbocycles. The Morgan fingerprint density at radius 1 is 1.24 bits per heavy atom. The lowest BCUT2D eigenvalue weighted by Gasteiger charge is -2.25. The maximum absolute atomic E-state index is 12.0. The molecule has 0 spiro atoms. The third-order valence-electron chi connectivity index (χ3n) is 2.40. The monoisotopic (exact) mass is 234 g/mol. The molecule has 1 aromatic carbocycles. The molecule has 3 heteroatoms. The molecule has 1 aromatic rings. The number of amides is 2. The van der Waals surface area contributed by atoms with Crippen LogP contribution in [0.25, 0.3) is 0 Å². The van der Waals surface area contributed by atoms with Gasteiger partial charge in [-0.05, 0) is 24.5 Å². The van der Waals surface area contributed by atoms with E-state index < -0.39 is 0 Å². The van der Waals surface area contributed by atoms with Crippen molar-refractivity contribution in [3.05, 3.63) is 30.3 Å². The van der Waals surface area contributed by atoms with Gasteiger partial charge in [0.1, 0.15) is 0 Å². The first kappa shape index (κ1) is 13.6. The molecule has 2 amide bonds. The first-order chi connectivity index (χ1) is 7.94. The zero-order chi connectivity index (χ0) is 12.9. The van der Waals surface area contributed by atoms with E-state index in [4.69, 9.17) is 0 Å². The Bertz CT molecular complexity index is 354. The standard InChI is InChI=1S/C14H22N2O/c1-5-16(12-9-7-6-8-10-12)13(17)15-11-14(2,3)4/h6-10H,5,11H2,1-4H3,(H,15,17). The lowest BCUT2D eigenvalue weighted by atomic mass is 9.97. The van der Waals surface area contributed by atoms with Crippen LogP contribution in [-0.2, 0) is 0 Å². The molecule has 0 fully saturated rings. The third-order valence-corrected chi connectivity index (χ3v) is 2.40. The molecule has 0 saturated heterocycles. The Kier molecular flexibility index (Phi) is 4.55. The Hall–Kier alpha value is -1.51. The number of nitrogens with one attached hydrogen (secondary N) is 1. The predicted octanol–water partition coefficient (Wildman–Crippen LogP) is 3.27. The minimum absolute atomic E-state index is 0.0337. The van der Waals surface area contributed by atoms with Crippen molar-refractivity contribution in [2.45, 2.75) is 27.7 Å². The molecule has 0 heterocycles. The fourth-order valence-electron chi connectivity index (χ4n) is 1.49. The fourth-order valence-corrected chi connectivity index (χ4v) is 1.49. The minimum atomic E-state index is -0.0337. The van der Waals surface area contributed by atoms with E-state index in [2.05, 4.69) is 26.1 Å². The van der Waals surface area contributed by atoms with Crippen molar-refractivity contribution < 1.29 is 4.79 Å². The van der Waals surface area contributed by atoms with Gasteiger partial charge in [-0.25, -0.2) is 4.79 Å². The second kappa shape index (κ2) is 5.71. The molecule has 0 radical (unpaired) electrons. The molecule has 17 heavy (non-hydrogen) atoms. The summed E-state index contributed by atoms with van der Waals surface area (Å²) in [4.78, 5) is 13.8. The number of para-hydroxylation sites is 1. The SMILES string of the molecule is CCN(C(=O)NCC(C)(C)C)c1ccccc1. The Morgan fingerprint density at radius 3 is 2.29 bits per heavy atom. The summed E-state index contributed by atoms with van der Waals surface area (Å²) in [6.45, 7) is 9.63. The Balaban J connectivity index is 2.66. The van der Waals surface area contributed by atoms with E-state index in [0.29, 0.717) is 13.1 Å². The number of hydrogen-bond acceptors (Lipinski definition) is 1. The molecule has 0 aliphatic rings. The summed E-state index contributed by atoms with van der Waals surface area (Å²) in [5, 5.41) is 2.96. The average Bonchev–Trinajstić information content (AvgIpc) is 2.28. The van der Waals surface area contributed by atoms with Gasteiger partial charge in [-0.3, -0.25) is 4.90 Å². The number of anilines is 1. The van der Waals surface area contributed by atoms with E-state index in [9.17, 15) is 4.79 Å². The van der Waals surface area contributed by atoms with Crippen LogP contribution in [0.1, 0.15) is 27.7 Å². The number of nitrogens with zero attached hydrogens (tertiary/aromatic N) is 1. The van der Waals surface area contributed by atoms with Gasteiger partial charge < -0.3 is 5.32 Å².